The maximum atomic E-state index is 13.4. The zero-order chi connectivity index (χ0) is 18.1. The number of carbonyl (C=O) groups is 2. The number of carbonyl (C=O) groups excluding carboxylic acids is 1. The summed E-state index contributed by atoms with van der Waals surface area (Å²) in [6.45, 7) is 0.00620. The van der Waals surface area contributed by atoms with Crippen LogP contribution in [0.1, 0.15) is 12.0 Å². The third kappa shape index (κ3) is 3.81. The van der Waals surface area contributed by atoms with E-state index >= 15 is 0 Å². The molecule has 1 amide bonds. The number of amides is 1. The highest BCUT2D eigenvalue weighted by Gasteiger charge is 2.32. The van der Waals surface area contributed by atoms with E-state index in [1.54, 1.807) is 6.07 Å². The van der Waals surface area contributed by atoms with Crippen molar-refractivity contribution in [1.29, 1.82) is 0 Å². The molecule has 0 saturated carbocycles. The van der Waals surface area contributed by atoms with Crippen LogP contribution < -0.4 is 0 Å². The topological polar surface area (TPSA) is 70.5 Å². The Balaban J connectivity index is 1.93. The van der Waals surface area contributed by atoms with Crippen LogP contribution in [0.25, 0.3) is 17.0 Å². The van der Waals surface area contributed by atoms with E-state index < -0.39 is 11.8 Å². The first kappa shape index (κ1) is 17.8. The Labute approximate surface area is 156 Å². The van der Waals surface area contributed by atoms with E-state index in [0.29, 0.717) is 21.4 Å². The van der Waals surface area contributed by atoms with Crippen molar-refractivity contribution >= 4 is 68.8 Å². The van der Waals surface area contributed by atoms with E-state index in [2.05, 4.69) is 4.98 Å². The smallest absolute Gasteiger partial charge is 0.305 e. The van der Waals surface area contributed by atoms with E-state index in [1.807, 2.05) is 0 Å². The highest BCUT2D eigenvalue weighted by Crippen LogP contribution is 2.34. The Morgan fingerprint density at radius 3 is 2.92 bits per heavy atom. The molecule has 1 fully saturated rings. The molecule has 5 nitrogen and oxygen atoms in total. The van der Waals surface area contributed by atoms with Gasteiger partial charge in [-0.25, -0.2) is 9.37 Å². The van der Waals surface area contributed by atoms with E-state index in [1.165, 1.54) is 29.2 Å². The number of pyridine rings is 1. The van der Waals surface area contributed by atoms with Gasteiger partial charge in [-0.1, -0.05) is 35.6 Å². The monoisotopic (exact) mass is 396 g/mol. The molecule has 3 rings (SSSR count). The third-order valence-corrected chi connectivity index (χ3v) is 5.15. The first-order chi connectivity index (χ1) is 11.8. The molecule has 9 heteroatoms. The number of aromatic nitrogens is 1. The summed E-state index contributed by atoms with van der Waals surface area (Å²) in [7, 11) is 0. The van der Waals surface area contributed by atoms with Gasteiger partial charge >= 0.3 is 5.97 Å². The number of carboxylic acids is 1. The summed E-state index contributed by atoms with van der Waals surface area (Å²) in [5, 5.41) is 9.48. The number of carboxylic acid groups (broad SMARTS) is 1. The number of thiocarbonyl (C=S) groups is 1. The summed E-state index contributed by atoms with van der Waals surface area (Å²) in [5.74, 6) is -1.80. The van der Waals surface area contributed by atoms with Crippen LogP contribution in [-0.4, -0.2) is 37.7 Å². The van der Waals surface area contributed by atoms with E-state index in [4.69, 9.17) is 28.9 Å². The fourth-order valence-corrected chi connectivity index (χ4v) is 3.78. The Morgan fingerprint density at radius 1 is 1.44 bits per heavy atom. The van der Waals surface area contributed by atoms with Crippen molar-refractivity contribution in [3.05, 3.63) is 45.7 Å². The molecule has 0 bridgehead atoms. The highest BCUT2D eigenvalue weighted by atomic mass is 35.5. The van der Waals surface area contributed by atoms with Gasteiger partial charge in [-0.3, -0.25) is 14.5 Å². The quantitative estimate of drug-likeness (QED) is 0.482. The second-order valence-corrected chi connectivity index (χ2v) is 7.22. The van der Waals surface area contributed by atoms with Gasteiger partial charge < -0.3 is 5.11 Å². The summed E-state index contributed by atoms with van der Waals surface area (Å²) in [6, 6.07) is 5.77. The van der Waals surface area contributed by atoms with Crippen LogP contribution in [0.2, 0.25) is 5.15 Å². The number of aliphatic carboxylic acids is 1. The van der Waals surface area contributed by atoms with E-state index in [-0.39, 0.29) is 28.3 Å². The van der Waals surface area contributed by atoms with Gasteiger partial charge in [0, 0.05) is 17.5 Å². The fraction of sp³-hybridized carbons (Fsp3) is 0.125. The molecule has 0 radical (unpaired) electrons. The molecule has 0 spiro atoms. The molecule has 128 valence electrons. The molecule has 1 aliphatic heterocycles. The van der Waals surface area contributed by atoms with Crippen molar-refractivity contribution in [2.24, 2.45) is 0 Å². The van der Waals surface area contributed by atoms with Crippen LogP contribution in [0.5, 0.6) is 0 Å². The lowest BCUT2D eigenvalue weighted by Crippen LogP contribution is -2.30. The standard InChI is InChI=1S/C16H10ClFN2O3S2/c17-14-9(5-8-6-10(18)1-2-11(8)19-14)7-12-15(23)20(16(24)25-12)4-3-13(21)22/h1-2,5-7H,3-4H2,(H,21,22)/b12-7-. The molecule has 1 saturated heterocycles. The van der Waals surface area contributed by atoms with Crippen LogP contribution >= 0.6 is 35.6 Å². The average Bonchev–Trinajstić information content (AvgIpc) is 2.80. The molecule has 1 aliphatic rings. The average molecular weight is 397 g/mol. The zero-order valence-corrected chi connectivity index (χ0v) is 14.9. The Morgan fingerprint density at radius 2 is 2.20 bits per heavy atom. The first-order valence-electron chi connectivity index (χ1n) is 7.08. The predicted octanol–water partition coefficient (Wildman–Crippen LogP) is 3.70. The minimum absolute atomic E-state index is 0.00620. The van der Waals surface area contributed by atoms with Crippen LogP contribution in [0.3, 0.4) is 0 Å². The highest BCUT2D eigenvalue weighted by molar-refractivity contribution is 8.26. The lowest BCUT2D eigenvalue weighted by Gasteiger charge is -2.12. The number of rotatable bonds is 4. The largest absolute Gasteiger partial charge is 0.481 e. The number of thioether (sulfide) groups is 1. The van der Waals surface area contributed by atoms with Crippen molar-refractivity contribution in [3.63, 3.8) is 0 Å². The molecule has 2 aromatic rings. The number of hydrogen-bond donors (Lipinski definition) is 1. The maximum absolute atomic E-state index is 13.4. The third-order valence-electron chi connectivity index (χ3n) is 3.47. The predicted molar refractivity (Wildman–Crippen MR) is 98.8 cm³/mol. The first-order valence-corrected chi connectivity index (χ1v) is 8.68. The summed E-state index contributed by atoms with van der Waals surface area (Å²) >= 11 is 12.3. The van der Waals surface area contributed by atoms with E-state index in [9.17, 15) is 14.0 Å². The molecule has 0 aliphatic carbocycles. The molecule has 1 aromatic heterocycles. The minimum Gasteiger partial charge on any atom is -0.481 e. The fourth-order valence-electron chi connectivity index (χ4n) is 2.28. The van der Waals surface area contributed by atoms with Gasteiger partial charge in [0.1, 0.15) is 15.3 Å². The van der Waals surface area contributed by atoms with Crippen LogP contribution in [0.4, 0.5) is 4.39 Å². The van der Waals surface area contributed by atoms with Crippen molar-refractivity contribution < 1.29 is 19.1 Å². The van der Waals surface area contributed by atoms with Gasteiger partial charge in [0.2, 0.25) is 0 Å². The van der Waals surface area contributed by atoms with Crippen molar-refractivity contribution in [2.75, 3.05) is 6.54 Å². The molecule has 1 N–H and O–H groups in total. The molecule has 0 atom stereocenters. The summed E-state index contributed by atoms with van der Waals surface area (Å²) < 4.78 is 13.7. The van der Waals surface area contributed by atoms with Crippen LogP contribution in [-0.2, 0) is 9.59 Å². The van der Waals surface area contributed by atoms with Gasteiger partial charge in [-0.05, 0) is 30.3 Å². The zero-order valence-electron chi connectivity index (χ0n) is 12.5. The number of nitrogens with zero attached hydrogens (tertiary/aromatic N) is 2. The van der Waals surface area contributed by atoms with Gasteiger partial charge in [-0.2, -0.15) is 0 Å². The number of halogens is 2. The number of fused-ring (bicyclic) bond motifs is 1. The Hall–Kier alpha value is -2.03. The normalized spacial score (nSPS) is 16.2. The molecular formula is C16H10ClFN2O3S2. The SMILES string of the molecule is O=C(O)CCN1C(=O)/C(=C/c2cc3cc(F)ccc3nc2Cl)SC1=S. The lowest BCUT2D eigenvalue weighted by atomic mass is 10.1. The van der Waals surface area contributed by atoms with Crippen LogP contribution in [0.15, 0.2) is 29.2 Å². The van der Waals surface area contributed by atoms with Crippen molar-refractivity contribution in [2.45, 2.75) is 6.42 Å². The second-order valence-electron chi connectivity index (χ2n) is 5.18. The summed E-state index contributed by atoms with van der Waals surface area (Å²) in [6.07, 6.45) is 1.33. The molecule has 0 unspecified atom stereocenters. The van der Waals surface area contributed by atoms with Crippen molar-refractivity contribution in [3.8, 4) is 0 Å². The minimum atomic E-state index is -1.01. The van der Waals surface area contributed by atoms with Gasteiger partial charge in [-0.15, -0.1) is 0 Å². The molecule has 1 aromatic carbocycles. The lowest BCUT2D eigenvalue weighted by molar-refractivity contribution is -0.137. The van der Waals surface area contributed by atoms with Gasteiger partial charge in [0.05, 0.1) is 16.8 Å². The van der Waals surface area contributed by atoms with Gasteiger partial charge in [0.25, 0.3) is 5.91 Å². The maximum Gasteiger partial charge on any atom is 0.305 e. The Bertz CT molecular complexity index is 948. The summed E-state index contributed by atoms with van der Waals surface area (Å²) in [4.78, 5) is 28.8. The van der Waals surface area contributed by atoms with Gasteiger partial charge in [0.15, 0.2) is 0 Å². The van der Waals surface area contributed by atoms with Crippen LogP contribution in [0, 0.1) is 5.82 Å². The molecular weight excluding hydrogens is 387 g/mol. The number of hydrogen-bond acceptors (Lipinski definition) is 5. The Kier molecular flexibility index (Phi) is 5.03. The second kappa shape index (κ2) is 7.07. The van der Waals surface area contributed by atoms with Crippen molar-refractivity contribution in [1.82, 2.24) is 9.88 Å². The summed E-state index contributed by atoms with van der Waals surface area (Å²) in [5.41, 5.74) is 0.996. The van der Waals surface area contributed by atoms with E-state index in [0.717, 1.165) is 11.8 Å². The molecule has 25 heavy (non-hydrogen) atoms. The number of benzene rings is 1. The molecule has 2 heterocycles.